The highest BCUT2D eigenvalue weighted by molar-refractivity contribution is 7.88. The van der Waals surface area contributed by atoms with Crippen molar-refractivity contribution in [2.24, 2.45) is 0 Å². The van der Waals surface area contributed by atoms with Crippen molar-refractivity contribution in [2.45, 2.75) is 37.6 Å². The fraction of sp³-hybridized carbons (Fsp3) is 0.522. The van der Waals surface area contributed by atoms with E-state index in [1.807, 2.05) is 12.1 Å². The summed E-state index contributed by atoms with van der Waals surface area (Å²) in [5.74, 6) is 2.08. The number of nitrogens with one attached hydrogen (secondary N) is 3. The average molecular weight is 502 g/mol. The topological polar surface area (TPSA) is 134 Å². The summed E-state index contributed by atoms with van der Waals surface area (Å²) in [4.78, 5) is 16.7. The van der Waals surface area contributed by atoms with Crippen molar-refractivity contribution in [3.8, 4) is 5.75 Å². The quantitative estimate of drug-likeness (QED) is 0.447. The van der Waals surface area contributed by atoms with Crippen LogP contribution >= 0.6 is 0 Å². The lowest BCUT2D eigenvalue weighted by Gasteiger charge is -2.30. The van der Waals surface area contributed by atoms with Crippen LogP contribution in [0.15, 0.2) is 24.5 Å². The maximum atomic E-state index is 11.8. The van der Waals surface area contributed by atoms with Gasteiger partial charge in [0.05, 0.1) is 25.4 Å². The number of benzene rings is 1. The Labute approximate surface area is 204 Å². The lowest BCUT2D eigenvalue weighted by atomic mass is 9.90. The van der Waals surface area contributed by atoms with Crippen molar-refractivity contribution in [3.63, 3.8) is 0 Å². The highest BCUT2D eigenvalue weighted by Gasteiger charge is 2.26. The van der Waals surface area contributed by atoms with Crippen molar-refractivity contribution < 1.29 is 17.9 Å². The molecular formula is C23H31N7O4S. The Morgan fingerprint density at radius 1 is 1.14 bits per heavy atom. The highest BCUT2D eigenvalue weighted by Crippen LogP contribution is 2.35. The molecule has 2 saturated heterocycles. The summed E-state index contributed by atoms with van der Waals surface area (Å²) in [6, 6.07) is 6.30. The molecule has 11 nitrogen and oxygen atoms in total. The number of hydrogen-bond acceptors (Lipinski definition) is 9. The van der Waals surface area contributed by atoms with E-state index < -0.39 is 10.0 Å². The fourth-order valence-corrected chi connectivity index (χ4v) is 5.61. The number of fused-ring (bicyclic) bond motifs is 1. The van der Waals surface area contributed by atoms with Crippen molar-refractivity contribution >= 4 is 38.6 Å². The molecule has 0 radical (unpaired) electrons. The number of aromatic amines is 1. The molecule has 0 bridgehead atoms. The van der Waals surface area contributed by atoms with E-state index in [-0.39, 0.29) is 12.0 Å². The van der Waals surface area contributed by atoms with Crippen LogP contribution in [0.25, 0.3) is 11.2 Å². The number of imidazole rings is 1. The normalized spacial score (nSPS) is 18.6. The van der Waals surface area contributed by atoms with Crippen LogP contribution in [-0.2, 0) is 14.8 Å². The number of piperidine rings is 1. The van der Waals surface area contributed by atoms with Crippen LogP contribution in [0.5, 0.6) is 5.75 Å². The Bertz CT molecular complexity index is 1280. The monoisotopic (exact) mass is 501 g/mol. The summed E-state index contributed by atoms with van der Waals surface area (Å²) in [5.41, 5.74) is 3.23. The fourth-order valence-electron chi connectivity index (χ4n) is 4.73. The smallest absolute Gasteiger partial charge is 0.231 e. The van der Waals surface area contributed by atoms with Crippen LogP contribution in [-0.4, -0.2) is 78.4 Å². The zero-order chi connectivity index (χ0) is 24.4. The van der Waals surface area contributed by atoms with E-state index in [0.717, 1.165) is 50.1 Å². The number of nitrogens with zero attached hydrogens (tertiary/aromatic N) is 4. The number of ether oxygens (including phenoxy) is 2. The second kappa shape index (κ2) is 9.96. The van der Waals surface area contributed by atoms with E-state index in [9.17, 15) is 8.42 Å². The van der Waals surface area contributed by atoms with E-state index in [0.29, 0.717) is 41.8 Å². The van der Waals surface area contributed by atoms with Crippen LogP contribution in [0.4, 0.5) is 17.5 Å². The van der Waals surface area contributed by atoms with Gasteiger partial charge in [-0.3, -0.25) is 0 Å². The Morgan fingerprint density at radius 2 is 1.91 bits per heavy atom. The zero-order valence-corrected chi connectivity index (χ0v) is 20.8. The largest absolute Gasteiger partial charge is 0.495 e. The van der Waals surface area contributed by atoms with E-state index in [4.69, 9.17) is 14.5 Å². The summed E-state index contributed by atoms with van der Waals surface area (Å²) in [6.45, 7) is 2.53. The number of H-pyrrole nitrogens is 1. The number of hydrogen-bond donors (Lipinski definition) is 3. The molecule has 0 unspecified atom stereocenters. The summed E-state index contributed by atoms with van der Waals surface area (Å²) in [7, 11) is -1.51. The number of rotatable bonds is 7. The molecule has 4 heterocycles. The van der Waals surface area contributed by atoms with Gasteiger partial charge >= 0.3 is 0 Å². The van der Waals surface area contributed by atoms with Gasteiger partial charge in [-0.1, -0.05) is 6.07 Å². The molecule has 0 aliphatic carbocycles. The molecule has 0 atom stereocenters. The van der Waals surface area contributed by atoms with Crippen LogP contribution in [0.2, 0.25) is 0 Å². The Balaban J connectivity index is 1.35. The predicted octanol–water partition coefficient (Wildman–Crippen LogP) is 2.84. The van der Waals surface area contributed by atoms with Crippen molar-refractivity contribution in [1.82, 2.24) is 24.2 Å². The lowest BCUT2D eigenvalue weighted by Crippen LogP contribution is -2.37. The first-order valence-electron chi connectivity index (χ1n) is 11.9. The molecule has 188 valence electrons. The SMILES string of the molecule is COc1cc(C2CCN(S(C)(=O)=O)CC2)ccc1Nc1nc(NC2CCOCC2)c2nc[nH]c2n1. The second-order valence-corrected chi connectivity index (χ2v) is 11.0. The van der Waals surface area contributed by atoms with Crippen molar-refractivity contribution in [1.29, 1.82) is 0 Å². The summed E-state index contributed by atoms with van der Waals surface area (Å²) in [6.07, 6.45) is 6.27. The van der Waals surface area contributed by atoms with Crippen LogP contribution in [0.1, 0.15) is 37.2 Å². The molecule has 2 aliphatic rings. The molecule has 0 spiro atoms. The Hall–Kier alpha value is -2.96. The molecule has 3 N–H and O–H groups in total. The third-order valence-corrected chi connectivity index (χ3v) is 8.01. The first-order valence-corrected chi connectivity index (χ1v) is 13.7. The zero-order valence-electron chi connectivity index (χ0n) is 20.0. The lowest BCUT2D eigenvalue weighted by molar-refractivity contribution is 0.0904. The second-order valence-electron chi connectivity index (χ2n) is 9.05. The molecule has 2 aromatic heterocycles. The van der Waals surface area contributed by atoms with Crippen molar-refractivity contribution in [2.75, 3.05) is 50.3 Å². The van der Waals surface area contributed by atoms with Crippen molar-refractivity contribution in [3.05, 3.63) is 30.1 Å². The van der Waals surface area contributed by atoms with Gasteiger partial charge in [-0.05, 0) is 49.3 Å². The predicted molar refractivity (Wildman–Crippen MR) is 134 cm³/mol. The van der Waals surface area contributed by atoms with E-state index >= 15 is 0 Å². The van der Waals surface area contributed by atoms with E-state index in [1.54, 1.807) is 17.7 Å². The minimum atomic E-state index is -3.14. The first-order chi connectivity index (χ1) is 16.9. The van der Waals surface area contributed by atoms with Crippen LogP contribution in [0, 0.1) is 0 Å². The van der Waals surface area contributed by atoms with Gasteiger partial charge in [-0.2, -0.15) is 9.97 Å². The Morgan fingerprint density at radius 3 is 2.63 bits per heavy atom. The van der Waals surface area contributed by atoms with Gasteiger partial charge in [-0.25, -0.2) is 17.7 Å². The van der Waals surface area contributed by atoms with Gasteiger partial charge in [0.1, 0.15) is 11.3 Å². The molecular weight excluding hydrogens is 470 g/mol. The van der Waals surface area contributed by atoms with Gasteiger partial charge in [0.2, 0.25) is 16.0 Å². The molecule has 3 aromatic rings. The number of aromatic nitrogens is 4. The Kier molecular flexibility index (Phi) is 6.76. The number of methoxy groups -OCH3 is 1. The van der Waals surface area contributed by atoms with Gasteiger partial charge < -0.3 is 25.1 Å². The maximum Gasteiger partial charge on any atom is 0.231 e. The van der Waals surface area contributed by atoms with Gasteiger partial charge in [0, 0.05) is 32.3 Å². The molecule has 1 aromatic carbocycles. The summed E-state index contributed by atoms with van der Waals surface area (Å²) in [5, 5.41) is 6.79. The molecule has 2 fully saturated rings. The molecule has 12 heteroatoms. The summed E-state index contributed by atoms with van der Waals surface area (Å²) < 4.78 is 36.3. The van der Waals surface area contributed by atoms with Crippen LogP contribution < -0.4 is 15.4 Å². The summed E-state index contributed by atoms with van der Waals surface area (Å²) >= 11 is 0. The third kappa shape index (κ3) is 5.34. The molecule has 35 heavy (non-hydrogen) atoms. The molecule has 0 saturated carbocycles. The van der Waals surface area contributed by atoms with Crippen LogP contribution in [0.3, 0.4) is 0 Å². The van der Waals surface area contributed by atoms with Gasteiger partial charge in [0.25, 0.3) is 0 Å². The number of sulfonamides is 1. The van der Waals surface area contributed by atoms with E-state index in [2.05, 4.69) is 31.7 Å². The standard InChI is InChI=1S/C23H31N7O4S/c1-33-19-13-16(15-5-9-30(10-6-15)35(2,31)32)3-4-18(19)27-23-28-21-20(24-14-25-21)22(29-23)26-17-7-11-34-12-8-17/h3-4,13-15,17H,5-12H2,1-2H3,(H3,24,25,26,27,28,29). The molecule has 2 aliphatic heterocycles. The number of anilines is 3. The van der Waals surface area contributed by atoms with Gasteiger partial charge in [0.15, 0.2) is 11.5 Å². The first kappa shape index (κ1) is 23.8. The average Bonchev–Trinajstić information content (AvgIpc) is 3.34. The van der Waals surface area contributed by atoms with E-state index in [1.165, 1.54) is 6.26 Å². The maximum absolute atomic E-state index is 11.8. The third-order valence-electron chi connectivity index (χ3n) is 6.71. The molecule has 0 amide bonds. The minimum absolute atomic E-state index is 0.273. The minimum Gasteiger partial charge on any atom is -0.495 e. The molecule has 5 rings (SSSR count). The highest BCUT2D eigenvalue weighted by atomic mass is 32.2. The van der Waals surface area contributed by atoms with Gasteiger partial charge in [-0.15, -0.1) is 0 Å².